The third kappa shape index (κ3) is 1.70. The average Bonchev–Trinajstić information content (AvgIpc) is 2.35. The molecule has 0 amide bonds. The topological polar surface area (TPSA) is 64.4 Å². The summed E-state index contributed by atoms with van der Waals surface area (Å²) >= 11 is 3.35. The first kappa shape index (κ1) is 11.0. The van der Waals surface area contributed by atoms with Gasteiger partial charge in [0, 0.05) is 10.5 Å². The van der Waals surface area contributed by atoms with Crippen LogP contribution in [0.25, 0.3) is 0 Å². The van der Waals surface area contributed by atoms with Crippen molar-refractivity contribution in [2.75, 3.05) is 5.32 Å². The summed E-state index contributed by atoms with van der Waals surface area (Å²) in [5, 5.41) is 14.0. The average molecular weight is 307 g/mol. The number of ether oxygens (including phenoxy) is 1. The van der Waals surface area contributed by atoms with E-state index in [1.54, 1.807) is 18.2 Å². The van der Waals surface area contributed by atoms with Crippen LogP contribution in [-0.2, 0) is 0 Å². The molecule has 1 aliphatic rings. The van der Waals surface area contributed by atoms with Crippen molar-refractivity contribution in [2.45, 2.75) is 0 Å². The normalized spacial score (nSPS) is 11.8. The van der Waals surface area contributed by atoms with Crippen LogP contribution < -0.4 is 10.1 Å². The highest BCUT2D eigenvalue weighted by molar-refractivity contribution is 9.10. The zero-order chi connectivity index (χ0) is 12.7. The van der Waals surface area contributed by atoms with Crippen LogP contribution in [0.1, 0.15) is 0 Å². The molecule has 0 spiro atoms. The second-order valence-corrected chi connectivity index (χ2v) is 4.69. The third-order valence-electron chi connectivity index (χ3n) is 2.62. The van der Waals surface area contributed by atoms with Crippen LogP contribution in [0.3, 0.4) is 0 Å². The Morgan fingerprint density at radius 1 is 1.22 bits per heavy atom. The monoisotopic (exact) mass is 306 g/mol. The summed E-state index contributed by atoms with van der Waals surface area (Å²) in [7, 11) is 0. The zero-order valence-electron chi connectivity index (χ0n) is 9.01. The van der Waals surface area contributed by atoms with Gasteiger partial charge in [-0.1, -0.05) is 22.0 Å². The van der Waals surface area contributed by atoms with Gasteiger partial charge in [0.15, 0.2) is 17.2 Å². The van der Waals surface area contributed by atoms with Gasteiger partial charge in [0.05, 0.1) is 10.6 Å². The van der Waals surface area contributed by atoms with Gasteiger partial charge in [0.25, 0.3) is 5.69 Å². The molecule has 0 aliphatic carbocycles. The number of anilines is 2. The number of hydrogen-bond acceptors (Lipinski definition) is 4. The number of nitro benzene ring substituents is 1. The van der Waals surface area contributed by atoms with Crippen molar-refractivity contribution in [3.05, 3.63) is 51.0 Å². The molecule has 0 bridgehead atoms. The summed E-state index contributed by atoms with van der Waals surface area (Å²) in [5.41, 5.74) is 1.10. The number of nitrogens with zero attached hydrogens (tertiary/aromatic N) is 1. The number of halogens is 1. The largest absolute Gasteiger partial charge is 0.453 e. The van der Waals surface area contributed by atoms with Crippen molar-refractivity contribution < 1.29 is 9.66 Å². The van der Waals surface area contributed by atoms with Crippen molar-refractivity contribution in [3.8, 4) is 11.5 Å². The maximum Gasteiger partial charge on any atom is 0.296 e. The molecule has 0 fully saturated rings. The van der Waals surface area contributed by atoms with Crippen LogP contribution in [0, 0.1) is 10.1 Å². The standard InChI is InChI=1S/C12H7BrN2O3/c13-7-4-5-8-11(6-7)18-10-3-1-2-9(15(16)17)12(10)14-8/h1-6,14H. The second kappa shape index (κ2) is 3.99. The van der Waals surface area contributed by atoms with Gasteiger partial charge in [0.2, 0.25) is 0 Å². The molecule has 2 aromatic rings. The fourth-order valence-corrected chi connectivity index (χ4v) is 2.16. The summed E-state index contributed by atoms with van der Waals surface area (Å²) in [6.07, 6.45) is 0. The molecule has 0 saturated carbocycles. The molecular formula is C12H7BrN2O3. The Morgan fingerprint density at radius 3 is 2.83 bits per heavy atom. The van der Waals surface area contributed by atoms with Gasteiger partial charge in [-0.05, 0) is 24.3 Å². The summed E-state index contributed by atoms with van der Waals surface area (Å²) < 4.78 is 6.54. The van der Waals surface area contributed by atoms with E-state index in [1.165, 1.54) is 6.07 Å². The van der Waals surface area contributed by atoms with Gasteiger partial charge in [-0.15, -0.1) is 0 Å². The Bertz CT molecular complexity index is 658. The smallest absolute Gasteiger partial charge is 0.296 e. The van der Waals surface area contributed by atoms with Crippen molar-refractivity contribution in [3.63, 3.8) is 0 Å². The van der Waals surface area contributed by atoms with Gasteiger partial charge in [0.1, 0.15) is 0 Å². The van der Waals surface area contributed by atoms with E-state index in [9.17, 15) is 10.1 Å². The second-order valence-electron chi connectivity index (χ2n) is 3.77. The molecule has 0 atom stereocenters. The highest BCUT2D eigenvalue weighted by atomic mass is 79.9. The lowest BCUT2D eigenvalue weighted by molar-refractivity contribution is -0.384. The quantitative estimate of drug-likeness (QED) is 0.540. The maximum atomic E-state index is 10.9. The van der Waals surface area contributed by atoms with Crippen LogP contribution >= 0.6 is 15.9 Å². The summed E-state index contributed by atoms with van der Waals surface area (Å²) in [4.78, 5) is 10.5. The Hall–Kier alpha value is -2.08. The minimum Gasteiger partial charge on any atom is -0.453 e. The van der Waals surface area contributed by atoms with Gasteiger partial charge in [-0.25, -0.2) is 0 Å². The Morgan fingerprint density at radius 2 is 2.06 bits per heavy atom. The maximum absolute atomic E-state index is 10.9. The van der Waals surface area contributed by atoms with E-state index in [0.717, 1.165) is 4.47 Å². The van der Waals surface area contributed by atoms with Gasteiger partial charge < -0.3 is 10.1 Å². The predicted molar refractivity (Wildman–Crippen MR) is 70.6 cm³/mol. The molecule has 0 radical (unpaired) electrons. The minimum absolute atomic E-state index is 0.000990. The van der Waals surface area contributed by atoms with Crippen molar-refractivity contribution in [1.82, 2.24) is 0 Å². The highest BCUT2D eigenvalue weighted by Crippen LogP contribution is 2.46. The first-order valence-electron chi connectivity index (χ1n) is 5.17. The SMILES string of the molecule is O=[N+]([O-])c1cccc2c1Nc1ccc(Br)cc1O2. The molecule has 6 heteroatoms. The summed E-state index contributed by atoms with van der Waals surface area (Å²) in [5.74, 6) is 1.09. The molecule has 3 rings (SSSR count). The van der Waals surface area contributed by atoms with E-state index < -0.39 is 4.92 Å². The Balaban J connectivity index is 2.13. The van der Waals surface area contributed by atoms with E-state index in [-0.39, 0.29) is 5.69 Å². The molecule has 18 heavy (non-hydrogen) atoms. The molecule has 1 aliphatic heterocycles. The number of nitrogens with one attached hydrogen (secondary N) is 1. The van der Waals surface area contributed by atoms with Crippen LogP contribution in [0.2, 0.25) is 0 Å². The van der Waals surface area contributed by atoms with E-state index >= 15 is 0 Å². The first-order chi connectivity index (χ1) is 8.65. The van der Waals surface area contributed by atoms with Gasteiger partial charge in [-0.3, -0.25) is 10.1 Å². The van der Waals surface area contributed by atoms with E-state index in [2.05, 4.69) is 21.2 Å². The van der Waals surface area contributed by atoms with Crippen LogP contribution in [0.4, 0.5) is 17.1 Å². The molecule has 1 N–H and O–H groups in total. The van der Waals surface area contributed by atoms with Crippen LogP contribution in [0.15, 0.2) is 40.9 Å². The molecule has 0 aromatic heterocycles. The number of hydrogen-bond donors (Lipinski definition) is 1. The zero-order valence-corrected chi connectivity index (χ0v) is 10.6. The number of fused-ring (bicyclic) bond motifs is 2. The molecule has 1 heterocycles. The van der Waals surface area contributed by atoms with E-state index in [4.69, 9.17) is 4.74 Å². The highest BCUT2D eigenvalue weighted by Gasteiger charge is 2.24. The molecule has 0 unspecified atom stereocenters. The lowest BCUT2D eigenvalue weighted by Gasteiger charge is -2.21. The Labute approximate surface area is 111 Å². The molecular weight excluding hydrogens is 300 g/mol. The molecule has 5 nitrogen and oxygen atoms in total. The summed E-state index contributed by atoms with van der Waals surface area (Å²) in [6.45, 7) is 0. The van der Waals surface area contributed by atoms with Gasteiger partial charge >= 0.3 is 0 Å². The molecule has 2 aromatic carbocycles. The fourth-order valence-electron chi connectivity index (χ4n) is 1.82. The van der Waals surface area contributed by atoms with Crippen LogP contribution in [-0.4, -0.2) is 4.92 Å². The number of para-hydroxylation sites is 1. The third-order valence-corrected chi connectivity index (χ3v) is 3.12. The van der Waals surface area contributed by atoms with Gasteiger partial charge in [-0.2, -0.15) is 0 Å². The lowest BCUT2D eigenvalue weighted by Crippen LogP contribution is -2.05. The van der Waals surface area contributed by atoms with E-state index in [1.807, 2.05) is 12.1 Å². The fraction of sp³-hybridized carbons (Fsp3) is 0. The van der Waals surface area contributed by atoms with Crippen molar-refractivity contribution in [1.29, 1.82) is 0 Å². The molecule has 0 saturated heterocycles. The van der Waals surface area contributed by atoms with E-state index in [0.29, 0.717) is 22.9 Å². The van der Waals surface area contributed by atoms with Crippen molar-refractivity contribution in [2.24, 2.45) is 0 Å². The van der Waals surface area contributed by atoms with Crippen molar-refractivity contribution >= 4 is 33.0 Å². The number of benzene rings is 2. The number of rotatable bonds is 1. The molecule has 90 valence electrons. The predicted octanol–water partition coefficient (Wildman–Crippen LogP) is 4.21. The minimum atomic E-state index is -0.432. The number of nitro groups is 1. The Kier molecular flexibility index (Phi) is 2.45. The first-order valence-corrected chi connectivity index (χ1v) is 5.96. The van der Waals surface area contributed by atoms with Crippen LogP contribution in [0.5, 0.6) is 11.5 Å². The lowest BCUT2D eigenvalue weighted by atomic mass is 10.2. The summed E-state index contributed by atoms with van der Waals surface area (Å²) in [6, 6.07) is 10.2.